The second-order valence-electron chi connectivity index (χ2n) is 5.79. The zero-order chi connectivity index (χ0) is 14.2. The van der Waals surface area contributed by atoms with Crippen molar-refractivity contribution in [3.63, 3.8) is 0 Å². The summed E-state index contributed by atoms with van der Waals surface area (Å²) in [5.74, 6) is 0.958. The Morgan fingerprint density at radius 3 is 2.58 bits per heavy atom. The molecule has 1 amide bonds. The number of carbonyl (C=O) groups excluding carboxylic acids is 1. The van der Waals surface area contributed by atoms with Crippen LogP contribution in [0.25, 0.3) is 6.08 Å². The summed E-state index contributed by atoms with van der Waals surface area (Å²) in [6.07, 6.45) is 1.88. The molecule has 1 aromatic rings. The second-order valence-corrected chi connectivity index (χ2v) is 6.80. The van der Waals surface area contributed by atoms with E-state index in [9.17, 15) is 9.90 Å². The van der Waals surface area contributed by atoms with E-state index >= 15 is 0 Å². The molecular formula is C15H19NO2S. The van der Waals surface area contributed by atoms with Gasteiger partial charge in [-0.1, -0.05) is 32.5 Å². The molecule has 0 aliphatic carbocycles. The van der Waals surface area contributed by atoms with Crippen LogP contribution in [0, 0.1) is 6.92 Å². The third-order valence-electron chi connectivity index (χ3n) is 3.11. The van der Waals surface area contributed by atoms with E-state index in [4.69, 9.17) is 0 Å². The SMILES string of the molecule is Cc1cc(C=C2SCNC2=O)cc(C(C)(C)C)c1O. The lowest BCUT2D eigenvalue weighted by molar-refractivity contribution is -0.116. The number of hydrogen-bond donors (Lipinski definition) is 2. The summed E-state index contributed by atoms with van der Waals surface area (Å²) in [4.78, 5) is 12.3. The Hall–Kier alpha value is -1.42. The van der Waals surface area contributed by atoms with Crippen LogP contribution in [-0.2, 0) is 10.2 Å². The number of benzene rings is 1. The average Bonchev–Trinajstić information content (AvgIpc) is 2.68. The average molecular weight is 277 g/mol. The Bertz CT molecular complexity index is 556. The van der Waals surface area contributed by atoms with E-state index in [1.807, 2.05) is 25.1 Å². The zero-order valence-electron chi connectivity index (χ0n) is 11.7. The summed E-state index contributed by atoms with van der Waals surface area (Å²) in [6.45, 7) is 8.08. The van der Waals surface area contributed by atoms with Crippen LogP contribution in [0.2, 0.25) is 0 Å². The van der Waals surface area contributed by atoms with Crippen molar-refractivity contribution >= 4 is 23.7 Å². The summed E-state index contributed by atoms with van der Waals surface area (Å²) >= 11 is 1.51. The van der Waals surface area contributed by atoms with Crippen molar-refractivity contribution in [1.82, 2.24) is 5.32 Å². The van der Waals surface area contributed by atoms with Gasteiger partial charge in [-0.2, -0.15) is 0 Å². The van der Waals surface area contributed by atoms with Gasteiger partial charge >= 0.3 is 0 Å². The van der Waals surface area contributed by atoms with Crippen molar-refractivity contribution < 1.29 is 9.90 Å². The van der Waals surface area contributed by atoms with Crippen LogP contribution in [-0.4, -0.2) is 16.9 Å². The van der Waals surface area contributed by atoms with E-state index in [0.717, 1.165) is 21.6 Å². The molecule has 0 unspecified atom stereocenters. The van der Waals surface area contributed by atoms with Crippen molar-refractivity contribution in [1.29, 1.82) is 0 Å². The van der Waals surface area contributed by atoms with Gasteiger partial charge in [-0.25, -0.2) is 0 Å². The van der Waals surface area contributed by atoms with E-state index in [2.05, 4.69) is 26.1 Å². The number of carbonyl (C=O) groups is 1. The zero-order valence-corrected chi connectivity index (χ0v) is 12.5. The van der Waals surface area contributed by atoms with Gasteiger partial charge in [0.15, 0.2) is 0 Å². The molecule has 4 heteroatoms. The minimum absolute atomic E-state index is 0.0203. The molecule has 0 atom stereocenters. The number of phenolic OH excluding ortho intramolecular Hbond substituents is 1. The van der Waals surface area contributed by atoms with Crippen molar-refractivity contribution in [3.05, 3.63) is 33.7 Å². The minimum Gasteiger partial charge on any atom is -0.507 e. The Morgan fingerprint density at radius 1 is 1.37 bits per heavy atom. The lowest BCUT2D eigenvalue weighted by Crippen LogP contribution is -2.14. The molecule has 2 rings (SSSR count). The molecule has 1 aromatic carbocycles. The van der Waals surface area contributed by atoms with Crippen LogP contribution in [0.4, 0.5) is 0 Å². The summed E-state index contributed by atoms with van der Waals surface area (Å²) in [7, 11) is 0. The Labute approximate surface area is 118 Å². The van der Waals surface area contributed by atoms with Gasteiger partial charge in [0, 0.05) is 5.56 Å². The third-order valence-corrected chi connectivity index (χ3v) is 4.02. The van der Waals surface area contributed by atoms with Crippen LogP contribution < -0.4 is 5.32 Å². The molecule has 3 nitrogen and oxygen atoms in total. The van der Waals surface area contributed by atoms with Gasteiger partial charge in [0.2, 0.25) is 0 Å². The Kier molecular flexibility index (Phi) is 3.63. The largest absolute Gasteiger partial charge is 0.507 e. The Balaban J connectivity index is 2.49. The first-order chi connectivity index (χ1) is 8.79. The molecule has 0 radical (unpaired) electrons. The molecular weight excluding hydrogens is 258 g/mol. The van der Waals surface area contributed by atoms with E-state index < -0.39 is 0 Å². The fraction of sp³-hybridized carbons (Fsp3) is 0.400. The Morgan fingerprint density at radius 2 is 2.05 bits per heavy atom. The highest BCUT2D eigenvalue weighted by molar-refractivity contribution is 8.04. The number of thioether (sulfide) groups is 1. The molecule has 0 spiro atoms. The molecule has 1 saturated heterocycles. The lowest BCUT2D eigenvalue weighted by atomic mass is 9.84. The summed E-state index contributed by atoms with van der Waals surface area (Å²) in [6, 6.07) is 3.87. The van der Waals surface area contributed by atoms with Gasteiger partial charge in [0.25, 0.3) is 5.91 Å². The number of aromatic hydroxyl groups is 1. The molecule has 0 saturated carbocycles. The van der Waals surface area contributed by atoms with Gasteiger partial charge < -0.3 is 10.4 Å². The molecule has 102 valence electrons. The number of phenols is 1. The van der Waals surface area contributed by atoms with Crippen LogP contribution in [0.1, 0.15) is 37.5 Å². The normalized spacial score (nSPS) is 17.9. The molecule has 2 N–H and O–H groups in total. The predicted octanol–water partition coefficient (Wildman–Crippen LogP) is 3.16. The molecule has 0 bridgehead atoms. The molecule has 0 aromatic heterocycles. The quantitative estimate of drug-likeness (QED) is 0.775. The fourth-order valence-corrected chi connectivity index (χ4v) is 2.83. The minimum atomic E-state index is -0.131. The predicted molar refractivity (Wildman–Crippen MR) is 80.1 cm³/mol. The summed E-state index contributed by atoms with van der Waals surface area (Å²) in [5, 5.41) is 12.9. The van der Waals surface area contributed by atoms with Gasteiger partial charge in [0.1, 0.15) is 5.75 Å². The second kappa shape index (κ2) is 4.93. The van der Waals surface area contributed by atoms with Crippen LogP contribution in [0.15, 0.2) is 17.0 Å². The highest BCUT2D eigenvalue weighted by Gasteiger charge is 2.21. The first-order valence-electron chi connectivity index (χ1n) is 6.26. The molecule has 1 aliphatic heterocycles. The number of nitrogens with one attached hydrogen (secondary N) is 1. The number of rotatable bonds is 1. The van der Waals surface area contributed by atoms with Gasteiger partial charge in [-0.05, 0) is 41.7 Å². The topological polar surface area (TPSA) is 49.3 Å². The standard InChI is InChI=1S/C15H19NO2S/c1-9-5-10(7-12-14(18)16-8-19-12)6-11(13(9)17)15(2,3)4/h5-7,17H,8H2,1-4H3,(H,16,18). The molecule has 19 heavy (non-hydrogen) atoms. The van der Waals surface area contributed by atoms with Crippen molar-refractivity contribution in [2.24, 2.45) is 0 Å². The van der Waals surface area contributed by atoms with Crippen LogP contribution in [0.5, 0.6) is 5.75 Å². The number of hydrogen-bond acceptors (Lipinski definition) is 3. The van der Waals surface area contributed by atoms with Crippen LogP contribution >= 0.6 is 11.8 Å². The van der Waals surface area contributed by atoms with Crippen molar-refractivity contribution in [2.75, 3.05) is 5.88 Å². The smallest absolute Gasteiger partial charge is 0.258 e. The van der Waals surface area contributed by atoms with Crippen LogP contribution in [0.3, 0.4) is 0 Å². The van der Waals surface area contributed by atoms with Gasteiger partial charge in [-0.15, -0.1) is 0 Å². The fourth-order valence-electron chi connectivity index (χ4n) is 2.05. The maximum atomic E-state index is 11.6. The van der Waals surface area contributed by atoms with Crippen molar-refractivity contribution in [2.45, 2.75) is 33.1 Å². The van der Waals surface area contributed by atoms with E-state index in [1.165, 1.54) is 11.8 Å². The maximum Gasteiger partial charge on any atom is 0.258 e. The van der Waals surface area contributed by atoms with E-state index in [0.29, 0.717) is 11.6 Å². The van der Waals surface area contributed by atoms with Gasteiger partial charge in [0.05, 0.1) is 10.8 Å². The van der Waals surface area contributed by atoms with E-state index in [1.54, 1.807) is 0 Å². The molecule has 1 fully saturated rings. The molecule has 1 heterocycles. The first kappa shape index (κ1) is 14.0. The summed E-state index contributed by atoms with van der Waals surface area (Å²) in [5.41, 5.74) is 2.57. The monoisotopic (exact) mass is 277 g/mol. The number of amides is 1. The highest BCUT2D eigenvalue weighted by atomic mass is 32.2. The van der Waals surface area contributed by atoms with Gasteiger partial charge in [-0.3, -0.25) is 4.79 Å². The number of aryl methyl sites for hydroxylation is 1. The highest BCUT2D eigenvalue weighted by Crippen LogP contribution is 2.35. The van der Waals surface area contributed by atoms with Crippen molar-refractivity contribution in [3.8, 4) is 5.75 Å². The maximum absolute atomic E-state index is 11.6. The van der Waals surface area contributed by atoms with E-state index in [-0.39, 0.29) is 11.3 Å². The first-order valence-corrected chi connectivity index (χ1v) is 7.24. The third kappa shape index (κ3) is 2.95. The summed E-state index contributed by atoms with van der Waals surface area (Å²) < 4.78 is 0. The lowest BCUT2D eigenvalue weighted by Gasteiger charge is -2.22. The molecule has 1 aliphatic rings.